The van der Waals surface area contributed by atoms with Crippen LogP contribution >= 0.6 is 11.6 Å². The molecule has 3 aromatic rings. The fraction of sp³-hybridized carbons (Fsp3) is 0.133. The van der Waals surface area contributed by atoms with Crippen LogP contribution in [0.2, 0.25) is 5.02 Å². The lowest BCUT2D eigenvalue weighted by atomic mass is 9.99. The van der Waals surface area contributed by atoms with Gasteiger partial charge in [-0.1, -0.05) is 41.9 Å². The Labute approximate surface area is 115 Å². The van der Waals surface area contributed by atoms with E-state index in [2.05, 4.69) is 10.2 Å². The van der Waals surface area contributed by atoms with Crippen LogP contribution in [0.5, 0.6) is 0 Å². The average molecular weight is 273 g/mol. The summed E-state index contributed by atoms with van der Waals surface area (Å²) in [4.78, 5) is 0. The number of aliphatic hydroxyl groups excluding tert-OH is 1. The van der Waals surface area contributed by atoms with Gasteiger partial charge in [0.1, 0.15) is 0 Å². The molecule has 1 aromatic heterocycles. The van der Waals surface area contributed by atoms with Crippen LogP contribution in [0.25, 0.3) is 10.9 Å². The molecule has 0 spiro atoms. The quantitative estimate of drug-likeness (QED) is 0.767. The molecule has 96 valence electrons. The molecule has 0 aliphatic rings. The fourth-order valence-corrected chi connectivity index (χ4v) is 2.49. The van der Waals surface area contributed by atoms with Crippen molar-refractivity contribution in [2.24, 2.45) is 0 Å². The first-order chi connectivity index (χ1) is 9.24. The number of benzene rings is 2. The summed E-state index contributed by atoms with van der Waals surface area (Å²) in [5.41, 5.74) is 2.74. The predicted octanol–water partition coefficient (Wildman–Crippen LogP) is 3.49. The fourth-order valence-electron chi connectivity index (χ4n) is 2.27. The Balaban J connectivity index is 1.97. The molecule has 4 heteroatoms. The molecule has 0 aliphatic carbocycles. The van der Waals surface area contributed by atoms with Gasteiger partial charge in [-0.05, 0) is 23.3 Å². The number of fused-ring (bicyclic) bond motifs is 1. The zero-order valence-electron chi connectivity index (χ0n) is 10.2. The van der Waals surface area contributed by atoms with E-state index in [0.717, 1.165) is 22.0 Å². The third-order valence-corrected chi connectivity index (χ3v) is 3.40. The summed E-state index contributed by atoms with van der Waals surface area (Å²) in [7, 11) is 0. The second-order valence-electron chi connectivity index (χ2n) is 4.53. The van der Waals surface area contributed by atoms with Crippen LogP contribution in [0.15, 0.2) is 48.7 Å². The van der Waals surface area contributed by atoms with Crippen LogP contribution in [0.1, 0.15) is 17.2 Å². The molecule has 0 saturated heterocycles. The molecule has 2 N–H and O–H groups in total. The maximum Gasteiger partial charge on any atom is 0.0838 e. The Bertz CT molecular complexity index is 694. The van der Waals surface area contributed by atoms with Crippen LogP contribution in [0.3, 0.4) is 0 Å². The van der Waals surface area contributed by atoms with Crippen molar-refractivity contribution in [2.45, 2.75) is 12.5 Å². The summed E-state index contributed by atoms with van der Waals surface area (Å²) in [5.74, 6) is 0. The van der Waals surface area contributed by atoms with Crippen molar-refractivity contribution in [3.8, 4) is 0 Å². The summed E-state index contributed by atoms with van der Waals surface area (Å²) >= 11 is 6.07. The zero-order chi connectivity index (χ0) is 13.2. The smallest absolute Gasteiger partial charge is 0.0838 e. The van der Waals surface area contributed by atoms with E-state index in [9.17, 15) is 5.11 Å². The second-order valence-corrected chi connectivity index (χ2v) is 4.97. The van der Waals surface area contributed by atoms with Crippen molar-refractivity contribution >= 4 is 22.5 Å². The first-order valence-electron chi connectivity index (χ1n) is 6.08. The van der Waals surface area contributed by atoms with Crippen molar-refractivity contribution in [1.29, 1.82) is 0 Å². The molecule has 0 amide bonds. The number of hydrogen-bond acceptors (Lipinski definition) is 2. The Hall–Kier alpha value is -1.84. The number of nitrogens with one attached hydrogen (secondary N) is 1. The highest BCUT2D eigenvalue weighted by atomic mass is 35.5. The Morgan fingerprint density at radius 3 is 2.79 bits per heavy atom. The third-order valence-electron chi connectivity index (χ3n) is 3.19. The minimum atomic E-state index is -0.596. The lowest BCUT2D eigenvalue weighted by Gasteiger charge is -2.12. The van der Waals surface area contributed by atoms with E-state index in [1.54, 1.807) is 12.3 Å². The average Bonchev–Trinajstić information content (AvgIpc) is 2.86. The minimum Gasteiger partial charge on any atom is -0.388 e. The van der Waals surface area contributed by atoms with Gasteiger partial charge in [-0.3, -0.25) is 5.10 Å². The number of aromatic nitrogens is 2. The highest BCUT2D eigenvalue weighted by molar-refractivity contribution is 6.31. The van der Waals surface area contributed by atoms with Crippen molar-refractivity contribution in [3.05, 3.63) is 64.8 Å². The normalized spacial score (nSPS) is 12.7. The van der Waals surface area contributed by atoms with Crippen LogP contribution in [-0.2, 0) is 6.42 Å². The van der Waals surface area contributed by atoms with E-state index >= 15 is 0 Å². The first-order valence-corrected chi connectivity index (χ1v) is 6.46. The number of aliphatic hydroxyl groups is 1. The van der Waals surface area contributed by atoms with E-state index in [1.807, 2.05) is 36.4 Å². The highest BCUT2D eigenvalue weighted by Gasteiger charge is 2.14. The zero-order valence-corrected chi connectivity index (χ0v) is 10.9. The molecule has 0 radical (unpaired) electrons. The van der Waals surface area contributed by atoms with Crippen molar-refractivity contribution < 1.29 is 5.11 Å². The predicted molar refractivity (Wildman–Crippen MR) is 76.2 cm³/mol. The van der Waals surface area contributed by atoms with E-state index in [0.29, 0.717) is 11.4 Å². The van der Waals surface area contributed by atoms with Crippen LogP contribution in [0, 0.1) is 0 Å². The van der Waals surface area contributed by atoms with Gasteiger partial charge in [-0.2, -0.15) is 5.10 Å². The Morgan fingerprint density at radius 2 is 2.00 bits per heavy atom. The standard InChI is InChI=1S/C15H13ClN2O/c16-11-7-12(13-9-17-18-14(13)8-11)15(19)6-10-4-2-1-3-5-10/h1-5,7-9,15,19H,6H2,(H,17,18). The van der Waals surface area contributed by atoms with E-state index < -0.39 is 6.10 Å². The monoisotopic (exact) mass is 272 g/mol. The number of hydrogen-bond donors (Lipinski definition) is 2. The van der Waals surface area contributed by atoms with E-state index in [4.69, 9.17) is 11.6 Å². The molecule has 3 nitrogen and oxygen atoms in total. The third kappa shape index (κ3) is 2.48. The Kier molecular flexibility index (Phi) is 3.23. The van der Waals surface area contributed by atoms with Gasteiger partial charge >= 0.3 is 0 Å². The molecule has 1 unspecified atom stereocenters. The summed E-state index contributed by atoms with van der Waals surface area (Å²) in [6, 6.07) is 13.5. The van der Waals surface area contributed by atoms with Gasteiger partial charge < -0.3 is 5.11 Å². The van der Waals surface area contributed by atoms with Crippen molar-refractivity contribution in [3.63, 3.8) is 0 Å². The molecule has 2 aromatic carbocycles. The van der Waals surface area contributed by atoms with Crippen LogP contribution in [0.4, 0.5) is 0 Å². The van der Waals surface area contributed by atoms with Gasteiger partial charge in [-0.15, -0.1) is 0 Å². The summed E-state index contributed by atoms with van der Waals surface area (Å²) in [6.07, 6.45) is 1.68. The molecular formula is C15H13ClN2O. The SMILES string of the molecule is OC(Cc1ccccc1)c1cc(Cl)cc2[nH]ncc12. The molecule has 3 rings (SSSR count). The summed E-state index contributed by atoms with van der Waals surface area (Å²) in [5, 5.41) is 18.8. The molecule has 19 heavy (non-hydrogen) atoms. The van der Waals surface area contributed by atoms with Gasteiger partial charge in [0.25, 0.3) is 0 Å². The first kappa shape index (κ1) is 12.2. The maximum absolute atomic E-state index is 10.4. The van der Waals surface area contributed by atoms with Gasteiger partial charge in [0, 0.05) is 16.8 Å². The lowest BCUT2D eigenvalue weighted by Crippen LogP contribution is -2.02. The number of H-pyrrole nitrogens is 1. The molecule has 0 bridgehead atoms. The highest BCUT2D eigenvalue weighted by Crippen LogP contribution is 2.29. The van der Waals surface area contributed by atoms with Crippen LogP contribution in [-0.4, -0.2) is 15.3 Å². The van der Waals surface area contributed by atoms with Gasteiger partial charge in [0.05, 0.1) is 17.8 Å². The summed E-state index contributed by atoms with van der Waals surface area (Å²) in [6.45, 7) is 0. The molecule has 0 saturated carbocycles. The molecular weight excluding hydrogens is 260 g/mol. The molecule has 1 atom stereocenters. The van der Waals surface area contributed by atoms with E-state index in [1.165, 1.54) is 0 Å². The second kappa shape index (κ2) is 5.03. The molecule has 0 aliphatic heterocycles. The lowest BCUT2D eigenvalue weighted by molar-refractivity contribution is 0.180. The molecule has 0 fully saturated rings. The van der Waals surface area contributed by atoms with Crippen molar-refractivity contribution in [2.75, 3.05) is 0 Å². The van der Waals surface area contributed by atoms with Gasteiger partial charge in [0.2, 0.25) is 0 Å². The number of nitrogens with zero attached hydrogens (tertiary/aromatic N) is 1. The minimum absolute atomic E-state index is 0.557. The summed E-state index contributed by atoms with van der Waals surface area (Å²) < 4.78 is 0. The Morgan fingerprint density at radius 1 is 1.21 bits per heavy atom. The topological polar surface area (TPSA) is 48.9 Å². The van der Waals surface area contributed by atoms with Gasteiger partial charge in [-0.25, -0.2) is 0 Å². The van der Waals surface area contributed by atoms with Crippen molar-refractivity contribution in [1.82, 2.24) is 10.2 Å². The van der Waals surface area contributed by atoms with Crippen LogP contribution < -0.4 is 0 Å². The number of rotatable bonds is 3. The maximum atomic E-state index is 10.4. The largest absolute Gasteiger partial charge is 0.388 e. The molecule has 1 heterocycles. The van der Waals surface area contributed by atoms with E-state index in [-0.39, 0.29) is 0 Å². The number of aromatic amines is 1. The van der Waals surface area contributed by atoms with Gasteiger partial charge in [0.15, 0.2) is 0 Å². The number of halogens is 1.